The van der Waals surface area contributed by atoms with Crippen LogP contribution < -0.4 is 0 Å². The Morgan fingerprint density at radius 1 is 1.11 bits per heavy atom. The first-order valence-corrected chi connectivity index (χ1v) is 7.44. The van der Waals surface area contributed by atoms with E-state index < -0.39 is 5.60 Å². The van der Waals surface area contributed by atoms with Crippen molar-refractivity contribution in [2.75, 3.05) is 0 Å². The largest absolute Gasteiger partial charge is 0.380 e. The highest BCUT2D eigenvalue weighted by molar-refractivity contribution is 7.10. The maximum atomic E-state index is 10.8. The second kappa shape index (κ2) is 4.52. The molecule has 1 unspecified atom stereocenters. The molecule has 1 nitrogen and oxygen atoms in total. The van der Waals surface area contributed by atoms with Crippen LogP contribution in [-0.4, -0.2) is 5.11 Å². The fourth-order valence-electron chi connectivity index (χ4n) is 2.73. The summed E-state index contributed by atoms with van der Waals surface area (Å²) in [6, 6.07) is 10.5. The Morgan fingerprint density at radius 3 is 2.61 bits per heavy atom. The number of hydrogen-bond acceptors (Lipinski definition) is 2. The van der Waals surface area contributed by atoms with E-state index in [1.54, 1.807) is 11.3 Å². The van der Waals surface area contributed by atoms with Gasteiger partial charge < -0.3 is 5.11 Å². The summed E-state index contributed by atoms with van der Waals surface area (Å²) in [6.45, 7) is 1.89. The van der Waals surface area contributed by atoms with Gasteiger partial charge >= 0.3 is 0 Å². The Morgan fingerprint density at radius 2 is 1.89 bits per heavy atom. The standard InChI is InChI=1S/C16H18OS/c1-16(17,15-7-4-10-18-15)14-9-8-12-5-2-3-6-13(12)11-14/h4,7-11,17H,2-3,5-6H2,1H3. The number of hydrogen-bond donors (Lipinski definition) is 1. The fourth-order valence-corrected chi connectivity index (χ4v) is 3.54. The normalized spacial score (nSPS) is 18.1. The molecule has 2 aromatic rings. The third-order valence-electron chi connectivity index (χ3n) is 3.91. The van der Waals surface area contributed by atoms with E-state index in [1.807, 2.05) is 24.4 Å². The maximum Gasteiger partial charge on any atom is 0.121 e. The molecular weight excluding hydrogens is 240 g/mol. The van der Waals surface area contributed by atoms with Crippen LogP contribution in [0.3, 0.4) is 0 Å². The van der Waals surface area contributed by atoms with Gasteiger partial charge in [-0.05, 0) is 60.7 Å². The van der Waals surface area contributed by atoms with Crippen molar-refractivity contribution in [3.63, 3.8) is 0 Å². The Hall–Kier alpha value is -1.12. The highest BCUT2D eigenvalue weighted by Gasteiger charge is 2.27. The molecule has 1 aromatic carbocycles. The third kappa shape index (κ3) is 2.00. The molecule has 0 bridgehead atoms. The van der Waals surface area contributed by atoms with Crippen LogP contribution in [0.2, 0.25) is 0 Å². The first-order chi connectivity index (χ1) is 8.68. The predicted molar refractivity (Wildman–Crippen MR) is 76.1 cm³/mol. The van der Waals surface area contributed by atoms with E-state index in [0.29, 0.717) is 0 Å². The average Bonchev–Trinajstić information content (AvgIpc) is 2.92. The van der Waals surface area contributed by atoms with Crippen molar-refractivity contribution in [2.24, 2.45) is 0 Å². The average molecular weight is 258 g/mol. The molecule has 0 aliphatic heterocycles. The van der Waals surface area contributed by atoms with E-state index in [1.165, 1.54) is 30.4 Å². The predicted octanol–water partition coefficient (Wildman–Crippen LogP) is 3.88. The molecule has 0 spiro atoms. The molecular formula is C16H18OS. The van der Waals surface area contributed by atoms with Gasteiger partial charge in [0.05, 0.1) is 0 Å². The van der Waals surface area contributed by atoms with E-state index in [9.17, 15) is 5.11 Å². The number of aryl methyl sites for hydroxylation is 2. The molecule has 3 rings (SSSR count). The van der Waals surface area contributed by atoms with Crippen LogP contribution in [0.15, 0.2) is 35.7 Å². The van der Waals surface area contributed by atoms with Crippen molar-refractivity contribution in [3.05, 3.63) is 57.3 Å². The van der Waals surface area contributed by atoms with Gasteiger partial charge in [-0.1, -0.05) is 24.3 Å². The lowest BCUT2D eigenvalue weighted by Gasteiger charge is -2.25. The fraction of sp³-hybridized carbons (Fsp3) is 0.375. The van der Waals surface area contributed by atoms with Gasteiger partial charge in [-0.25, -0.2) is 0 Å². The number of thiophene rings is 1. The Labute approximate surface area is 112 Å². The van der Waals surface area contributed by atoms with Crippen molar-refractivity contribution < 1.29 is 5.11 Å². The smallest absolute Gasteiger partial charge is 0.121 e. The van der Waals surface area contributed by atoms with E-state index in [0.717, 1.165) is 16.9 Å². The number of fused-ring (bicyclic) bond motifs is 1. The summed E-state index contributed by atoms with van der Waals surface area (Å²) < 4.78 is 0. The summed E-state index contributed by atoms with van der Waals surface area (Å²) in [5.41, 5.74) is 3.05. The molecule has 0 fully saturated rings. The molecule has 1 atom stereocenters. The van der Waals surface area contributed by atoms with Gasteiger partial charge in [-0.2, -0.15) is 0 Å². The van der Waals surface area contributed by atoms with Gasteiger partial charge in [0, 0.05) is 4.88 Å². The van der Waals surface area contributed by atoms with Crippen molar-refractivity contribution >= 4 is 11.3 Å². The van der Waals surface area contributed by atoms with Crippen LogP contribution >= 0.6 is 11.3 Å². The minimum Gasteiger partial charge on any atom is -0.380 e. The lowest BCUT2D eigenvalue weighted by Crippen LogP contribution is -2.22. The zero-order chi connectivity index (χ0) is 12.6. The molecule has 2 heteroatoms. The lowest BCUT2D eigenvalue weighted by molar-refractivity contribution is 0.106. The van der Waals surface area contributed by atoms with Crippen LogP contribution in [-0.2, 0) is 18.4 Å². The SMILES string of the molecule is CC(O)(c1ccc2c(c1)CCCC2)c1cccs1. The van der Waals surface area contributed by atoms with Crippen molar-refractivity contribution in [3.8, 4) is 0 Å². The van der Waals surface area contributed by atoms with Crippen LogP contribution in [0.5, 0.6) is 0 Å². The maximum absolute atomic E-state index is 10.8. The monoisotopic (exact) mass is 258 g/mol. The molecule has 0 saturated heterocycles. The highest BCUT2D eigenvalue weighted by atomic mass is 32.1. The van der Waals surface area contributed by atoms with Gasteiger partial charge in [0.2, 0.25) is 0 Å². The minimum absolute atomic E-state index is 0.860. The molecule has 1 N–H and O–H groups in total. The Balaban J connectivity index is 2.02. The zero-order valence-corrected chi connectivity index (χ0v) is 11.5. The molecule has 0 radical (unpaired) electrons. The molecule has 1 aliphatic carbocycles. The molecule has 1 aliphatic rings. The molecule has 94 valence electrons. The highest BCUT2D eigenvalue weighted by Crippen LogP contribution is 2.34. The van der Waals surface area contributed by atoms with Gasteiger partial charge in [0.15, 0.2) is 0 Å². The third-order valence-corrected chi connectivity index (χ3v) is 4.99. The lowest BCUT2D eigenvalue weighted by atomic mass is 9.86. The van der Waals surface area contributed by atoms with Crippen molar-refractivity contribution in [2.45, 2.75) is 38.2 Å². The zero-order valence-electron chi connectivity index (χ0n) is 10.6. The van der Waals surface area contributed by atoms with Crippen LogP contribution in [0, 0.1) is 0 Å². The van der Waals surface area contributed by atoms with E-state index in [-0.39, 0.29) is 0 Å². The van der Waals surface area contributed by atoms with Crippen LogP contribution in [0.25, 0.3) is 0 Å². The molecule has 1 aromatic heterocycles. The first-order valence-electron chi connectivity index (χ1n) is 6.56. The molecule has 1 heterocycles. The molecule has 18 heavy (non-hydrogen) atoms. The summed E-state index contributed by atoms with van der Waals surface area (Å²) in [4.78, 5) is 1.01. The van der Waals surface area contributed by atoms with Crippen LogP contribution in [0.1, 0.15) is 41.3 Å². The quantitative estimate of drug-likeness (QED) is 0.866. The van der Waals surface area contributed by atoms with Crippen molar-refractivity contribution in [1.29, 1.82) is 0 Å². The van der Waals surface area contributed by atoms with Gasteiger partial charge in [-0.3, -0.25) is 0 Å². The summed E-state index contributed by atoms with van der Waals surface area (Å²) in [6.07, 6.45) is 4.92. The number of rotatable bonds is 2. The summed E-state index contributed by atoms with van der Waals surface area (Å²) >= 11 is 1.61. The van der Waals surface area contributed by atoms with Gasteiger partial charge in [0.25, 0.3) is 0 Å². The van der Waals surface area contributed by atoms with Crippen molar-refractivity contribution in [1.82, 2.24) is 0 Å². The summed E-state index contributed by atoms with van der Waals surface area (Å²) in [5, 5.41) is 12.8. The van der Waals surface area contributed by atoms with Gasteiger partial charge in [-0.15, -0.1) is 11.3 Å². The van der Waals surface area contributed by atoms with E-state index in [4.69, 9.17) is 0 Å². The van der Waals surface area contributed by atoms with Crippen LogP contribution in [0.4, 0.5) is 0 Å². The second-order valence-electron chi connectivity index (χ2n) is 5.24. The summed E-state index contributed by atoms with van der Waals surface area (Å²) in [5.74, 6) is 0. The second-order valence-corrected chi connectivity index (χ2v) is 6.19. The Bertz CT molecular complexity index is 540. The molecule has 0 saturated carbocycles. The van der Waals surface area contributed by atoms with E-state index in [2.05, 4.69) is 18.2 Å². The van der Waals surface area contributed by atoms with Gasteiger partial charge in [0.1, 0.15) is 5.60 Å². The molecule has 0 amide bonds. The topological polar surface area (TPSA) is 20.2 Å². The first kappa shape index (κ1) is 11.9. The minimum atomic E-state index is -0.860. The van der Waals surface area contributed by atoms with E-state index >= 15 is 0 Å². The summed E-state index contributed by atoms with van der Waals surface area (Å²) in [7, 11) is 0. The Kier molecular flexibility index (Phi) is 3.00. The number of aliphatic hydroxyl groups is 1. The number of benzene rings is 1.